The number of hydrogen-bond donors (Lipinski definition) is 1. The van der Waals surface area contributed by atoms with Crippen LogP contribution in [-0.4, -0.2) is 12.5 Å². The van der Waals surface area contributed by atoms with Gasteiger partial charge in [-0.05, 0) is 53.8 Å². The quantitative estimate of drug-likeness (QED) is 0.854. The molecule has 1 aromatic carbocycles. The highest BCUT2D eigenvalue weighted by molar-refractivity contribution is 6.29. The maximum Gasteiger partial charge on any atom is 0.251 e. The Morgan fingerprint density at radius 3 is 2.85 bits per heavy atom. The van der Waals surface area contributed by atoms with E-state index in [1.54, 1.807) is 12.1 Å². The summed E-state index contributed by atoms with van der Waals surface area (Å²) in [5.74, 6) is 0.534. The number of benzene rings is 1. The van der Waals surface area contributed by atoms with Crippen molar-refractivity contribution >= 4 is 29.1 Å². The summed E-state index contributed by atoms with van der Waals surface area (Å²) in [5.41, 5.74) is 2.59. The molecule has 1 atom stereocenters. The zero-order valence-corrected chi connectivity index (χ0v) is 12.2. The van der Waals surface area contributed by atoms with Gasteiger partial charge in [0, 0.05) is 12.1 Å². The predicted molar refractivity (Wildman–Crippen MR) is 78.5 cm³/mol. The first-order chi connectivity index (χ1) is 9.65. The van der Waals surface area contributed by atoms with E-state index in [4.69, 9.17) is 27.6 Å². The van der Waals surface area contributed by atoms with Gasteiger partial charge >= 0.3 is 0 Å². The standard InChI is InChI=1S/C15H13Cl2NO2/c16-13-6-5-12(20-13)14(17)10-4-3-9-2-1-7-18-15(19)11(9)8-10/h3-6,8,14H,1-2,7H2,(H,18,19). The molecule has 0 saturated heterocycles. The third kappa shape index (κ3) is 2.56. The van der Waals surface area contributed by atoms with Gasteiger partial charge in [0.25, 0.3) is 5.91 Å². The summed E-state index contributed by atoms with van der Waals surface area (Å²) in [6.07, 6.45) is 1.85. The number of halogens is 2. The van der Waals surface area contributed by atoms with E-state index in [2.05, 4.69) is 5.32 Å². The van der Waals surface area contributed by atoms with Gasteiger partial charge in [0.15, 0.2) is 5.22 Å². The maximum absolute atomic E-state index is 12.0. The van der Waals surface area contributed by atoms with Crippen LogP contribution in [0.3, 0.4) is 0 Å². The number of nitrogens with one attached hydrogen (secondary N) is 1. The molecule has 5 heteroatoms. The van der Waals surface area contributed by atoms with Gasteiger partial charge in [-0.3, -0.25) is 4.79 Å². The third-order valence-electron chi connectivity index (χ3n) is 3.42. The van der Waals surface area contributed by atoms with Crippen molar-refractivity contribution < 1.29 is 9.21 Å². The Morgan fingerprint density at radius 2 is 2.10 bits per heavy atom. The van der Waals surface area contributed by atoms with E-state index in [9.17, 15) is 4.79 Å². The Morgan fingerprint density at radius 1 is 1.25 bits per heavy atom. The fourth-order valence-electron chi connectivity index (χ4n) is 2.39. The smallest absolute Gasteiger partial charge is 0.251 e. The first-order valence-corrected chi connectivity index (χ1v) is 7.27. The third-order valence-corrected chi connectivity index (χ3v) is 4.09. The Hall–Kier alpha value is -1.45. The van der Waals surface area contributed by atoms with Crippen LogP contribution in [-0.2, 0) is 6.42 Å². The molecule has 1 aliphatic rings. The molecule has 0 radical (unpaired) electrons. The molecule has 2 aromatic rings. The van der Waals surface area contributed by atoms with Crippen molar-refractivity contribution in [1.82, 2.24) is 5.32 Å². The summed E-state index contributed by atoms with van der Waals surface area (Å²) in [5, 5.41) is 2.73. The van der Waals surface area contributed by atoms with E-state index < -0.39 is 5.38 Å². The summed E-state index contributed by atoms with van der Waals surface area (Å²) in [4.78, 5) is 12.0. The fraction of sp³-hybridized carbons (Fsp3) is 0.267. The zero-order valence-electron chi connectivity index (χ0n) is 10.7. The van der Waals surface area contributed by atoms with Crippen molar-refractivity contribution in [3.05, 3.63) is 58.0 Å². The van der Waals surface area contributed by atoms with E-state index in [0.717, 1.165) is 24.0 Å². The van der Waals surface area contributed by atoms with Gasteiger partial charge in [-0.1, -0.05) is 12.1 Å². The topological polar surface area (TPSA) is 42.2 Å². The number of aryl methyl sites for hydroxylation is 1. The number of rotatable bonds is 2. The van der Waals surface area contributed by atoms with Gasteiger partial charge in [-0.2, -0.15) is 0 Å². The Labute approximate surface area is 126 Å². The minimum atomic E-state index is -0.455. The summed E-state index contributed by atoms with van der Waals surface area (Å²) < 4.78 is 5.33. The molecule has 0 fully saturated rings. The fourth-order valence-corrected chi connectivity index (χ4v) is 2.79. The molecule has 0 bridgehead atoms. The highest BCUT2D eigenvalue weighted by atomic mass is 35.5. The molecule has 1 unspecified atom stereocenters. The predicted octanol–water partition coefficient (Wildman–Crippen LogP) is 3.94. The van der Waals surface area contributed by atoms with Crippen LogP contribution in [0.25, 0.3) is 0 Å². The van der Waals surface area contributed by atoms with Crippen LogP contribution in [0.4, 0.5) is 0 Å². The van der Waals surface area contributed by atoms with E-state index in [-0.39, 0.29) is 5.91 Å². The largest absolute Gasteiger partial charge is 0.448 e. The zero-order chi connectivity index (χ0) is 14.1. The van der Waals surface area contributed by atoms with E-state index in [1.165, 1.54) is 0 Å². The van der Waals surface area contributed by atoms with Gasteiger partial charge in [0.05, 0.1) is 0 Å². The van der Waals surface area contributed by atoms with Gasteiger partial charge in [-0.25, -0.2) is 0 Å². The number of carbonyl (C=O) groups excluding carboxylic acids is 1. The van der Waals surface area contributed by atoms with Crippen molar-refractivity contribution in [1.29, 1.82) is 0 Å². The number of amides is 1. The lowest BCUT2D eigenvalue weighted by molar-refractivity contribution is 0.0956. The molecule has 1 N–H and O–H groups in total. The lowest BCUT2D eigenvalue weighted by Crippen LogP contribution is -2.22. The second kappa shape index (κ2) is 5.51. The normalized spacial score (nSPS) is 16.2. The molecule has 1 aromatic heterocycles. The molecule has 0 spiro atoms. The van der Waals surface area contributed by atoms with E-state index in [1.807, 2.05) is 18.2 Å². The van der Waals surface area contributed by atoms with Crippen LogP contribution in [0, 0.1) is 0 Å². The Kier molecular flexibility index (Phi) is 3.72. The van der Waals surface area contributed by atoms with Gasteiger partial charge in [0.1, 0.15) is 11.1 Å². The van der Waals surface area contributed by atoms with Crippen molar-refractivity contribution in [3.8, 4) is 0 Å². The summed E-state index contributed by atoms with van der Waals surface area (Å²) in [6.45, 7) is 0.709. The van der Waals surface area contributed by atoms with Gasteiger partial charge in [0.2, 0.25) is 0 Å². The minimum Gasteiger partial charge on any atom is -0.448 e. The number of alkyl halides is 1. The highest BCUT2D eigenvalue weighted by Crippen LogP contribution is 2.32. The summed E-state index contributed by atoms with van der Waals surface area (Å²) in [7, 11) is 0. The molecule has 0 saturated carbocycles. The molecule has 3 rings (SSSR count). The average molecular weight is 310 g/mol. The van der Waals surface area contributed by atoms with Crippen LogP contribution < -0.4 is 5.32 Å². The summed E-state index contributed by atoms with van der Waals surface area (Å²) in [6, 6.07) is 9.14. The number of hydrogen-bond acceptors (Lipinski definition) is 2. The molecular formula is C15H13Cl2NO2. The van der Waals surface area contributed by atoms with Crippen molar-refractivity contribution in [2.75, 3.05) is 6.54 Å². The van der Waals surface area contributed by atoms with Crippen molar-refractivity contribution in [2.45, 2.75) is 18.2 Å². The second-order valence-corrected chi connectivity index (χ2v) is 5.59. The Bertz CT molecular complexity index is 651. The second-order valence-electron chi connectivity index (χ2n) is 4.78. The van der Waals surface area contributed by atoms with Crippen LogP contribution in [0.15, 0.2) is 34.7 Å². The van der Waals surface area contributed by atoms with Crippen LogP contribution in [0.5, 0.6) is 0 Å². The van der Waals surface area contributed by atoms with E-state index in [0.29, 0.717) is 23.1 Å². The first-order valence-electron chi connectivity index (χ1n) is 6.45. The minimum absolute atomic E-state index is 0.0410. The van der Waals surface area contributed by atoms with E-state index >= 15 is 0 Å². The first kappa shape index (κ1) is 13.5. The molecular weight excluding hydrogens is 297 g/mol. The SMILES string of the molecule is O=C1NCCCc2ccc(C(Cl)c3ccc(Cl)o3)cc21. The lowest BCUT2D eigenvalue weighted by Gasteiger charge is -2.11. The number of furan rings is 1. The monoisotopic (exact) mass is 309 g/mol. The molecule has 3 nitrogen and oxygen atoms in total. The van der Waals surface area contributed by atoms with Crippen molar-refractivity contribution in [3.63, 3.8) is 0 Å². The highest BCUT2D eigenvalue weighted by Gasteiger charge is 2.20. The average Bonchev–Trinajstić information content (AvgIpc) is 2.80. The number of carbonyl (C=O) groups is 1. The molecule has 1 aliphatic heterocycles. The van der Waals surface area contributed by atoms with Crippen molar-refractivity contribution in [2.24, 2.45) is 0 Å². The molecule has 104 valence electrons. The molecule has 20 heavy (non-hydrogen) atoms. The van der Waals surface area contributed by atoms with Crippen LogP contribution in [0.2, 0.25) is 5.22 Å². The molecule has 0 aliphatic carbocycles. The van der Waals surface area contributed by atoms with Gasteiger partial charge in [-0.15, -0.1) is 11.6 Å². The molecule has 1 amide bonds. The molecule has 2 heterocycles. The Balaban J connectivity index is 1.97. The lowest BCUT2D eigenvalue weighted by atomic mass is 9.99. The van der Waals surface area contributed by atoms with Gasteiger partial charge < -0.3 is 9.73 Å². The van der Waals surface area contributed by atoms with Crippen LogP contribution >= 0.6 is 23.2 Å². The number of fused-ring (bicyclic) bond motifs is 1. The maximum atomic E-state index is 12.0. The summed E-state index contributed by atoms with van der Waals surface area (Å²) >= 11 is 12.2. The van der Waals surface area contributed by atoms with Crippen LogP contribution in [0.1, 0.15) is 39.0 Å².